The molecule has 0 spiro atoms. The summed E-state index contributed by atoms with van der Waals surface area (Å²) in [6, 6.07) is 10.7. The van der Waals surface area contributed by atoms with E-state index in [9.17, 15) is 8.78 Å². The molecule has 0 unspecified atom stereocenters. The van der Waals surface area contributed by atoms with Gasteiger partial charge in [-0.1, -0.05) is 6.07 Å². The van der Waals surface area contributed by atoms with Crippen molar-refractivity contribution in [3.05, 3.63) is 63.6 Å². The lowest BCUT2D eigenvalue weighted by molar-refractivity contribution is 0.620. The first kappa shape index (κ1) is 13.5. The summed E-state index contributed by atoms with van der Waals surface area (Å²) in [6.45, 7) is 0.454. The van der Waals surface area contributed by atoms with Gasteiger partial charge in [-0.05, 0) is 51.8 Å². The molecule has 0 aromatic heterocycles. The van der Waals surface area contributed by atoms with E-state index in [4.69, 9.17) is 5.26 Å². The highest BCUT2D eigenvalue weighted by Crippen LogP contribution is 2.19. The van der Waals surface area contributed by atoms with Gasteiger partial charge in [0.1, 0.15) is 17.7 Å². The summed E-state index contributed by atoms with van der Waals surface area (Å²) in [4.78, 5) is 0. The Hall–Kier alpha value is -1.93. The Bertz CT molecular complexity index is 650. The topological polar surface area (TPSA) is 35.8 Å². The van der Waals surface area contributed by atoms with Crippen LogP contribution in [0.25, 0.3) is 0 Å². The van der Waals surface area contributed by atoms with Crippen LogP contribution < -0.4 is 5.32 Å². The van der Waals surface area contributed by atoms with E-state index in [0.717, 1.165) is 5.56 Å². The molecule has 0 bridgehead atoms. The molecule has 2 nitrogen and oxygen atoms in total. The summed E-state index contributed by atoms with van der Waals surface area (Å²) in [5, 5.41) is 11.8. The first-order valence-corrected chi connectivity index (χ1v) is 6.27. The predicted molar refractivity (Wildman–Crippen MR) is 72.5 cm³/mol. The summed E-state index contributed by atoms with van der Waals surface area (Å²) in [7, 11) is 0. The van der Waals surface area contributed by atoms with E-state index in [1.165, 1.54) is 18.2 Å². The number of halogens is 3. The van der Waals surface area contributed by atoms with Crippen molar-refractivity contribution >= 4 is 21.6 Å². The smallest absolute Gasteiger partial charge is 0.141 e. The van der Waals surface area contributed by atoms with Crippen molar-refractivity contribution in [2.24, 2.45) is 0 Å². The zero-order valence-electron chi connectivity index (χ0n) is 9.75. The number of hydrogen-bond donors (Lipinski definition) is 1. The summed E-state index contributed by atoms with van der Waals surface area (Å²) >= 11 is 3.11. The Labute approximate surface area is 117 Å². The summed E-state index contributed by atoms with van der Waals surface area (Å²) in [5.74, 6) is -0.866. The van der Waals surface area contributed by atoms with Crippen LogP contribution in [0, 0.1) is 23.0 Å². The molecule has 0 atom stereocenters. The minimum Gasteiger partial charge on any atom is -0.381 e. The number of nitrogens with one attached hydrogen (secondary N) is 1. The first-order valence-electron chi connectivity index (χ1n) is 5.47. The molecule has 19 heavy (non-hydrogen) atoms. The molecule has 1 N–H and O–H groups in total. The molecule has 0 amide bonds. The number of hydrogen-bond acceptors (Lipinski definition) is 2. The lowest BCUT2D eigenvalue weighted by Gasteiger charge is -2.08. The van der Waals surface area contributed by atoms with Gasteiger partial charge in [0.15, 0.2) is 0 Å². The van der Waals surface area contributed by atoms with Crippen LogP contribution in [0.2, 0.25) is 0 Å². The Balaban J connectivity index is 2.10. The van der Waals surface area contributed by atoms with Crippen molar-refractivity contribution in [2.45, 2.75) is 6.54 Å². The minimum absolute atomic E-state index is 0.00899. The molecule has 96 valence electrons. The van der Waals surface area contributed by atoms with Crippen LogP contribution in [0.15, 0.2) is 40.9 Å². The van der Waals surface area contributed by atoms with Gasteiger partial charge in [0, 0.05) is 12.2 Å². The van der Waals surface area contributed by atoms with Gasteiger partial charge in [0.25, 0.3) is 0 Å². The third-order valence-electron chi connectivity index (χ3n) is 2.57. The van der Waals surface area contributed by atoms with Crippen LogP contribution >= 0.6 is 15.9 Å². The van der Waals surface area contributed by atoms with Gasteiger partial charge in [-0.25, -0.2) is 8.78 Å². The van der Waals surface area contributed by atoms with E-state index < -0.39 is 5.82 Å². The Morgan fingerprint density at radius 2 is 1.84 bits per heavy atom. The Morgan fingerprint density at radius 3 is 2.53 bits per heavy atom. The van der Waals surface area contributed by atoms with E-state index in [1.807, 2.05) is 0 Å². The van der Waals surface area contributed by atoms with Gasteiger partial charge in [-0.2, -0.15) is 5.26 Å². The quantitative estimate of drug-likeness (QED) is 0.918. The zero-order valence-corrected chi connectivity index (χ0v) is 11.3. The Morgan fingerprint density at radius 1 is 1.11 bits per heavy atom. The summed E-state index contributed by atoms with van der Waals surface area (Å²) in [5.41, 5.74) is 1.50. The SMILES string of the molecule is N#Cc1cc(NCc2ccc(F)c(Br)c2)ccc1F. The molecule has 0 radical (unpaired) electrons. The molecule has 0 aliphatic heterocycles. The first-order chi connectivity index (χ1) is 9.10. The fraction of sp³-hybridized carbons (Fsp3) is 0.0714. The number of nitriles is 1. The standard InChI is InChI=1S/C14H9BrF2N2/c15-12-5-9(1-3-14(12)17)8-19-11-2-4-13(16)10(6-11)7-18/h1-6,19H,8H2. The van der Waals surface area contributed by atoms with Crippen LogP contribution in [0.1, 0.15) is 11.1 Å². The third kappa shape index (κ3) is 3.30. The number of benzene rings is 2. The molecule has 0 heterocycles. The van der Waals surface area contributed by atoms with Crippen LogP contribution in [-0.4, -0.2) is 0 Å². The average molecular weight is 323 g/mol. The second-order valence-electron chi connectivity index (χ2n) is 3.91. The highest BCUT2D eigenvalue weighted by atomic mass is 79.9. The number of anilines is 1. The minimum atomic E-state index is -0.544. The van der Waals surface area contributed by atoms with Crippen LogP contribution in [0.4, 0.5) is 14.5 Å². The highest BCUT2D eigenvalue weighted by Gasteiger charge is 2.04. The lowest BCUT2D eigenvalue weighted by Crippen LogP contribution is -2.00. The molecule has 2 aromatic rings. The maximum Gasteiger partial charge on any atom is 0.141 e. The van der Waals surface area contributed by atoms with E-state index in [2.05, 4.69) is 21.2 Å². The highest BCUT2D eigenvalue weighted by molar-refractivity contribution is 9.10. The predicted octanol–water partition coefficient (Wildman–Crippen LogP) is 4.21. The van der Waals surface area contributed by atoms with E-state index in [-0.39, 0.29) is 11.4 Å². The molecule has 0 saturated heterocycles. The summed E-state index contributed by atoms with van der Waals surface area (Å²) in [6.07, 6.45) is 0. The molecular formula is C14H9BrF2N2. The third-order valence-corrected chi connectivity index (χ3v) is 3.18. The molecule has 0 aliphatic carbocycles. The van der Waals surface area contributed by atoms with Crippen molar-refractivity contribution in [1.82, 2.24) is 0 Å². The fourth-order valence-corrected chi connectivity index (χ4v) is 2.00. The molecule has 0 aliphatic rings. The second kappa shape index (κ2) is 5.81. The van der Waals surface area contributed by atoms with Crippen molar-refractivity contribution in [2.75, 3.05) is 5.32 Å². The monoisotopic (exact) mass is 322 g/mol. The maximum absolute atomic E-state index is 13.1. The van der Waals surface area contributed by atoms with Crippen LogP contribution in [0.3, 0.4) is 0 Å². The number of rotatable bonds is 3. The molecule has 2 aromatic carbocycles. The molecule has 0 saturated carbocycles. The van der Waals surface area contributed by atoms with Gasteiger partial charge in [0.05, 0.1) is 10.0 Å². The van der Waals surface area contributed by atoms with E-state index in [0.29, 0.717) is 16.7 Å². The van der Waals surface area contributed by atoms with Crippen molar-refractivity contribution in [3.63, 3.8) is 0 Å². The maximum atomic E-state index is 13.1. The van der Waals surface area contributed by atoms with Crippen molar-refractivity contribution < 1.29 is 8.78 Å². The van der Waals surface area contributed by atoms with Crippen LogP contribution in [0.5, 0.6) is 0 Å². The zero-order chi connectivity index (χ0) is 13.8. The summed E-state index contributed by atoms with van der Waals surface area (Å²) < 4.78 is 26.6. The normalized spacial score (nSPS) is 10.0. The second-order valence-corrected chi connectivity index (χ2v) is 4.76. The van der Waals surface area contributed by atoms with Crippen LogP contribution in [-0.2, 0) is 6.54 Å². The lowest BCUT2D eigenvalue weighted by atomic mass is 10.2. The van der Waals surface area contributed by atoms with Gasteiger partial charge in [-0.15, -0.1) is 0 Å². The molecule has 0 fully saturated rings. The Kier molecular flexibility index (Phi) is 4.13. The van der Waals surface area contributed by atoms with Crippen molar-refractivity contribution in [3.8, 4) is 6.07 Å². The molecular weight excluding hydrogens is 314 g/mol. The molecule has 5 heteroatoms. The van der Waals surface area contributed by atoms with Gasteiger partial charge >= 0.3 is 0 Å². The van der Waals surface area contributed by atoms with Gasteiger partial charge in [0.2, 0.25) is 0 Å². The largest absolute Gasteiger partial charge is 0.381 e. The number of nitrogens with zero attached hydrogens (tertiary/aromatic N) is 1. The van der Waals surface area contributed by atoms with Crippen molar-refractivity contribution in [1.29, 1.82) is 5.26 Å². The van der Waals surface area contributed by atoms with E-state index >= 15 is 0 Å². The van der Waals surface area contributed by atoms with E-state index in [1.54, 1.807) is 24.3 Å². The molecule has 2 rings (SSSR count). The average Bonchev–Trinajstić information content (AvgIpc) is 2.41. The van der Waals surface area contributed by atoms with Gasteiger partial charge < -0.3 is 5.32 Å². The fourth-order valence-electron chi connectivity index (χ4n) is 1.57. The van der Waals surface area contributed by atoms with Gasteiger partial charge in [-0.3, -0.25) is 0 Å².